The number of hydrogen-bond donors (Lipinski definition) is 1. The fourth-order valence-electron chi connectivity index (χ4n) is 2.25. The monoisotopic (exact) mass is 421 g/mol. The standard InChI is InChI=1S/C18H19N3O3S3/c1-12(2)21(3)27(23,24)15-6-4-14(5-7-15)19-17(22)16-11-26-18(20-16)13-8-9-25-10-13/h4-12H,1-3H3,(H,19,22). The number of amides is 1. The highest BCUT2D eigenvalue weighted by Gasteiger charge is 2.23. The van der Waals surface area contributed by atoms with Gasteiger partial charge in [0.2, 0.25) is 10.0 Å². The summed E-state index contributed by atoms with van der Waals surface area (Å²) in [6, 6.07) is 7.94. The van der Waals surface area contributed by atoms with Crippen LogP contribution in [0.25, 0.3) is 10.6 Å². The van der Waals surface area contributed by atoms with E-state index < -0.39 is 10.0 Å². The highest BCUT2D eigenvalue weighted by atomic mass is 32.2. The van der Waals surface area contributed by atoms with Crippen LogP contribution in [0.4, 0.5) is 5.69 Å². The van der Waals surface area contributed by atoms with Crippen molar-refractivity contribution in [1.29, 1.82) is 0 Å². The maximum atomic E-state index is 12.5. The van der Waals surface area contributed by atoms with E-state index in [2.05, 4.69) is 10.3 Å². The molecule has 0 saturated carbocycles. The second-order valence-electron chi connectivity index (χ2n) is 6.14. The number of nitrogens with zero attached hydrogens (tertiary/aromatic N) is 2. The Morgan fingerprint density at radius 3 is 2.44 bits per heavy atom. The van der Waals surface area contributed by atoms with Gasteiger partial charge in [-0.25, -0.2) is 13.4 Å². The van der Waals surface area contributed by atoms with Gasteiger partial charge in [-0.1, -0.05) is 0 Å². The number of benzene rings is 1. The van der Waals surface area contributed by atoms with E-state index in [4.69, 9.17) is 0 Å². The minimum atomic E-state index is -3.55. The molecule has 0 spiro atoms. The number of aromatic nitrogens is 1. The number of carbonyl (C=O) groups is 1. The quantitative estimate of drug-likeness (QED) is 0.648. The predicted molar refractivity (Wildman–Crippen MR) is 110 cm³/mol. The molecule has 0 saturated heterocycles. The van der Waals surface area contributed by atoms with Crippen LogP contribution in [0.1, 0.15) is 24.3 Å². The highest BCUT2D eigenvalue weighted by molar-refractivity contribution is 7.89. The van der Waals surface area contributed by atoms with E-state index in [0.29, 0.717) is 11.4 Å². The Kier molecular flexibility index (Phi) is 5.75. The fourth-order valence-corrected chi connectivity index (χ4v) is 5.13. The highest BCUT2D eigenvalue weighted by Crippen LogP contribution is 2.26. The van der Waals surface area contributed by atoms with Crippen molar-refractivity contribution in [3.63, 3.8) is 0 Å². The number of thiazole rings is 1. The normalized spacial score (nSPS) is 11.9. The van der Waals surface area contributed by atoms with Crippen LogP contribution in [0.3, 0.4) is 0 Å². The van der Waals surface area contributed by atoms with E-state index >= 15 is 0 Å². The molecule has 1 amide bonds. The van der Waals surface area contributed by atoms with Gasteiger partial charge in [0.15, 0.2) is 0 Å². The van der Waals surface area contributed by atoms with Gasteiger partial charge in [0.05, 0.1) is 4.90 Å². The Labute approximate surface area is 166 Å². The molecule has 2 aromatic heterocycles. The lowest BCUT2D eigenvalue weighted by Crippen LogP contribution is -2.33. The van der Waals surface area contributed by atoms with Crippen molar-refractivity contribution in [3.05, 3.63) is 52.2 Å². The van der Waals surface area contributed by atoms with Crippen LogP contribution >= 0.6 is 22.7 Å². The average molecular weight is 422 g/mol. The van der Waals surface area contributed by atoms with E-state index in [0.717, 1.165) is 10.6 Å². The predicted octanol–water partition coefficient (Wildman–Crippen LogP) is 4.15. The summed E-state index contributed by atoms with van der Waals surface area (Å²) < 4.78 is 26.3. The third-order valence-corrected chi connectivity index (χ3v) is 7.64. The van der Waals surface area contributed by atoms with Gasteiger partial charge < -0.3 is 5.32 Å². The third-order valence-electron chi connectivity index (χ3n) is 4.02. The average Bonchev–Trinajstić information content (AvgIpc) is 3.32. The topological polar surface area (TPSA) is 79.4 Å². The van der Waals surface area contributed by atoms with E-state index in [9.17, 15) is 13.2 Å². The molecule has 142 valence electrons. The molecule has 27 heavy (non-hydrogen) atoms. The van der Waals surface area contributed by atoms with Crippen LogP contribution in [0.15, 0.2) is 51.4 Å². The lowest BCUT2D eigenvalue weighted by atomic mass is 10.3. The maximum absolute atomic E-state index is 12.5. The summed E-state index contributed by atoms with van der Waals surface area (Å²) in [5.74, 6) is -0.331. The molecule has 0 atom stereocenters. The first kappa shape index (κ1) is 19.7. The number of hydrogen-bond acceptors (Lipinski definition) is 6. The van der Waals surface area contributed by atoms with Crippen LogP contribution in [0.5, 0.6) is 0 Å². The van der Waals surface area contributed by atoms with Crippen LogP contribution in [0, 0.1) is 0 Å². The minimum absolute atomic E-state index is 0.142. The molecule has 0 aliphatic heterocycles. The molecular formula is C18H19N3O3S3. The van der Waals surface area contributed by atoms with Crippen LogP contribution in [0.2, 0.25) is 0 Å². The van der Waals surface area contributed by atoms with Crippen molar-refractivity contribution in [2.45, 2.75) is 24.8 Å². The molecule has 0 unspecified atom stereocenters. The zero-order valence-electron chi connectivity index (χ0n) is 15.0. The van der Waals surface area contributed by atoms with Crippen LogP contribution < -0.4 is 5.32 Å². The lowest BCUT2D eigenvalue weighted by molar-refractivity contribution is 0.102. The molecule has 0 aliphatic rings. The molecule has 1 aromatic carbocycles. The number of anilines is 1. The molecular weight excluding hydrogens is 402 g/mol. The number of nitrogens with one attached hydrogen (secondary N) is 1. The van der Waals surface area contributed by atoms with Gasteiger partial charge in [-0.3, -0.25) is 4.79 Å². The number of carbonyl (C=O) groups excluding carboxylic acids is 1. The number of rotatable bonds is 6. The molecule has 3 rings (SSSR count). The molecule has 3 aromatic rings. The first-order chi connectivity index (χ1) is 12.8. The summed E-state index contributed by atoms with van der Waals surface area (Å²) in [6.45, 7) is 3.62. The van der Waals surface area contributed by atoms with Crippen molar-refractivity contribution in [2.24, 2.45) is 0 Å². The Balaban J connectivity index is 1.72. The van der Waals surface area contributed by atoms with Crippen molar-refractivity contribution in [2.75, 3.05) is 12.4 Å². The Bertz CT molecular complexity index is 1020. The Morgan fingerprint density at radius 1 is 1.15 bits per heavy atom. The summed E-state index contributed by atoms with van der Waals surface area (Å²) in [6.07, 6.45) is 0. The Morgan fingerprint density at radius 2 is 1.85 bits per heavy atom. The SMILES string of the molecule is CC(C)N(C)S(=O)(=O)c1ccc(NC(=O)c2csc(-c3ccsc3)n2)cc1. The second kappa shape index (κ2) is 7.89. The summed E-state index contributed by atoms with van der Waals surface area (Å²) >= 11 is 2.98. The van der Waals surface area contributed by atoms with Gasteiger partial charge in [-0.2, -0.15) is 15.6 Å². The first-order valence-corrected chi connectivity index (χ1v) is 11.4. The van der Waals surface area contributed by atoms with Gasteiger partial charge in [0.25, 0.3) is 5.91 Å². The smallest absolute Gasteiger partial charge is 0.275 e. The van der Waals surface area contributed by atoms with E-state index in [1.807, 2.05) is 30.7 Å². The lowest BCUT2D eigenvalue weighted by Gasteiger charge is -2.21. The van der Waals surface area contributed by atoms with Crippen LogP contribution in [-0.2, 0) is 10.0 Å². The molecule has 0 fully saturated rings. The summed E-state index contributed by atoms with van der Waals surface area (Å²) in [7, 11) is -2.00. The number of sulfonamides is 1. The van der Waals surface area contributed by atoms with Crippen molar-refractivity contribution in [3.8, 4) is 10.6 Å². The molecule has 0 aliphatic carbocycles. The molecule has 0 bridgehead atoms. The van der Waals surface area contributed by atoms with Crippen molar-refractivity contribution in [1.82, 2.24) is 9.29 Å². The maximum Gasteiger partial charge on any atom is 0.275 e. The minimum Gasteiger partial charge on any atom is -0.321 e. The summed E-state index contributed by atoms with van der Waals surface area (Å²) in [5.41, 5.74) is 1.83. The van der Waals surface area contributed by atoms with Gasteiger partial charge in [0.1, 0.15) is 10.7 Å². The molecule has 6 nitrogen and oxygen atoms in total. The summed E-state index contributed by atoms with van der Waals surface area (Å²) in [5, 5.41) is 9.19. The summed E-state index contributed by atoms with van der Waals surface area (Å²) in [4.78, 5) is 16.9. The van der Waals surface area contributed by atoms with Gasteiger partial charge in [-0.15, -0.1) is 11.3 Å². The van der Waals surface area contributed by atoms with E-state index in [1.54, 1.807) is 35.9 Å². The molecule has 0 radical (unpaired) electrons. The van der Waals surface area contributed by atoms with Crippen LogP contribution in [-0.4, -0.2) is 36.7 Å². The zero-order chi connectivity index (χ0) is 19.6. The number of thiophene rings is 1. The largest absolute Gasteiger partial charge is 0.321 e. The Hall–Kier alpha value is -2.07. The second-order valence-corrected chi connectivity index (χ2v) is 9.78. The third kappa shape index (κ3) is 4.27. The zero-order valence-corrected chi connectivity index (χ0v) is 17.5. The molecule has 9 heteroatoms. The van der Waals surface area contributed by atoms with Gasteiger partial charge in [-0.05, 0) is 49.6 Å². The van der Waals surface area contributed by atoms with Crippen molar-refractivity contribution < 1.29 is 13.2 Å². The fraction of sp³-hybridized carbons (Fsp3) is 0.222. The molecule has 1 N–H and O–H groups in total. The first-order valence-electron chi connectivity index (χ1n) is 8.16. The van der Waals surface area contributed by atoms with E-state index in [1.165, 1.54) is 27.8 Å². The van der Waals surface area contributed by atoms with Gasteiger partial charge in [0, 0.05) is 35.1 Å². The van der Waals surface area contributed by atoms with E-state index in [-0.39, 0.29) is 16.8 Å². The van der Waals surface area contributed by atoms with Crippen molar-refractivity contribution >= 4 is 44.3 Å². The molecule has 2 heterocycles. The van der Waals surface area contributed by atoms with Gasteiger partial charge >= 0.3 is 0 Å².